The third-order valence-electron chi connectivity index (χ3n) is 1.92. The average Bonchev–Trinajstić information content (AvgIpc) is 2.35. The Morgan fingerprint density at radius 3 is 3.11 bits per heavy atom. The number of fused-ring (bicyclic) bond motifs is 1. The molecule has 0 fully saturated rings. The molecule has 0 saturated heterocycles. The number of aryl methyl sites for hydroxylation is 1. The maximum Gasteiger partial charge on any atom is 0.0599 e. The van der Waals surface area contributed by atoms with Crippen molar-refractivity contribution in [3.8, 4) is 0 Å². The molecule has 1 aliphatic rings. The molecule has 1 aliphatic carbocycles. The van der Waals surface area contributed by atoms with E-state index in [0.29, 0.717) is 0 Å². The Labute approximate surface area is 53.7 Å². The summed E-state index contributed by atoms with van der Waals surface area (Å²) in [5.41, 5.74) is 2.42. The monoisotopic (exact) mass is 123 g/mol. The highest BCUT2D eigenvalue weighted by atomic mass is 16.5. The summed E-state index contributed by atoms with van der Waals surface area (Å²) in [6.07, 6.45) is 5.09. The Morgan fingerprint density at radius 2 is 2.33 bits per heavy atom. The minimum atomic E-state index is 1.04. The van der Waals surface area contributed by atoms with Crippen LogP contribution in [0.2, 0.25) is 0 Å². The Morgan fingerprint density at radius 1 is 1.44 bits per heavy atom. The molecule has 1 aromatic rings. The predicted molar refractivity (Wildman–Crippen MR) is 33.6 cm³/mol. The molecule has 2 rings (SSSR count). The van der Waals surface area contributed by atoms with Gasteiger partial charge in [-0.1, -0.05) is 0 Å². The molecular weight excluding hydrogens is 114 g/mol. The van der Waals surface area contributed by atoms with Crippen molar-refractivity contribution in [3.63, 3.8) is 0 Å². The normalized spacial score (nSPS) is 16.0. The molecule has 48 valence electrons. The molecule has 0 aliphatic heterocycles. The number of hydrogen-bond acceptors (Lipinski definition) is 1. The van der Waals surface area contributed by atoms with E-state index in [1.54, 1.807) is 6.20 Å². The topological polar surface area (TPSA) is 25.2 Å². The molecule has 0 unspecified atom stereocenters. The predicted octanol–water partition coefficient (Wildman–Crippen LogP) is 1.21. The van der Waals surface area contributed by atoms with Crippen molar-refractivity contribution < 1.29 is 5.21 Å². The first-order valence-electron chi connectivity index (χ1n) is 3.26. The fourth-order valence-corrected chi connectivity index (χ4v) is 1.44. The van der Waals surface area contributed by atoms with Crippen LogP contribution in [0.25, 0.3) is 0 Å². The van der Waals surface area contributed by atoms with Gasteiger partial charge in [0.1, 0.15) is 0 Å². The van der Waals surface area contributed by atoms with Crippen LogP contribution in [0.5, 0.6) is 0 Å². The van der Waals surface area contributed by atoms with Crippen molar-refractivity contribution in [2.24, 2.45) is 0 Å². The summed E-state index contributed by atoms with van der Waals surface area (Å²) in [4.78, 5) is 0. The first-order valence-corrected chi connectivity index (χ1v) is 3.26. The highest BCUT2D eigenvalue weighted by Crippen LogP contribution is 2.21. The van der Waals surface area contributed by atoms with Gasteiger partial charge in [0.05, 0.1) is 5.69 Å². The second kappa shape index (κ2) is 1.53. The molecule has 0 spiro atoms. The van der Waals surface area contributed by atoms with Gasteiger partial charge in [-0.15, -0.1) is 0 Å². The zero-order valence-corrected chi connectivity index (χ0v) is 5.17. The second-order valence-corrected chi connectivity index (χ2v) is 2.49. The fraction of sp³-hybridized carbons (Fsp3) is 0.429. The minimum Gasteiger partial charge on any atom is -0.429 e. The summed E-state index contributed by atoms with van der Waals surface area (Å²) in [5, 5.41) is 9.09. The number of aromatic nitrogens is 1. The van der Waals surface area contributed by atoms with Gasteiger partial charge in [0, 0.05) is 6.20 Å². The molecule has 9 heavy (non-hydrogen) atoms. The van der Waals surface area contributed by atoms with Crippen LogP contribution in [-0.4, -0.2) is 9.94 Å². The van der Waals surface area contributed by atoms with Crippen molar-refractivity contribution in [1.82, 2.24) is 4.73 Å². The molecule has 0 bridgehead atoms. The molecule has 1 aromatic heterocycles. The molecule has 2 heteroatoms. The van der Waals surface area contributed by atoms with Gasteiger partial charge in [0.2, 0.25) is 0 Å². The Bertz CT molecular complexity index is 227. The third kappa shape index (κ3) is 0.559. The lowest BCUT2D eigenvalue weighted by Gasteiger charge is -1.93. The van der Waals surface area contributed by atoms with Crippen LogP contribution < -0.4 is 0 Å². The SMILES string of the molecule is On1ccc2c1CCC2. The molecule has 0 saturated carbocycles. The standard InChI is InChI=1S/C7H9NO/c9-8-5-4-6-2-1-3-7(6)8/h4-5,9H,1-3H2. The first kappa shape index (κ1) is 4.91. The van der Waals surface area contributed by atoms with Crippen molar-refractivity contribution in [1.29, 1.82) is 0 Å². The van der Waals surface area contributed by atoms with Crippen molar-refractivity contribution in [3.05, 3.63) is 23.5 Å². The van der Waals surface area contributed by atoms with E-state index >= 15 is 0 Å². The lowest BCUT2D eigenvalue weighted by Crippen LogP contribution is -1.92. The first-order chi connectivity index (χ1) is 4.38. The molecule has 0 amide bonds. The number of nitrogens with zero attached hydrogens (tertiary/aromatic N) is 1. The fourth-order valence-electron chi connectivity index (χ4n) is 1.44. The van der Waals surface area contributed by atoms with Crippen LogP contribution in [0.3, 0.4) is 0 Å². The van der Waals surface area contributed by atoms with Gasteiger partial charge in [0.25, 0.3) is 0 Å². The van der Waals surface area contributed by atoms with E-state index in [-0.39, 0.29) is 0 Å². The van der Waals surface area contributed by atoms with Gasteiger partial charge in [-0.25, -0.2) is 0 Å². The van der Waals surface area contributed by atoms with Gasteiger partial charge in [-0.3, -0.25) is 0 Å². The van der Waals surface area contributed by atoms with Crippen molar-refractivity contribution in [2.45, 2.75) is 19.3 Å². The summed E-state index contributed by atoms with van der Waals surface area (Å²) >= 11 is 0. The Hall–Kier alpha value is -0.920. The van der Waals surface area contributed by atoms with Crippen LogP contribution in [0.4, 0.5) is 0 Å². The Kier molecular flexibility index (Phi) is 0.835. The highest BCUT2D eigenvalue weighted by molar-refractivity contribution is 5.25. The van der Waals surface area contributed by atoms with Crippen LogP contribution >= 0.6 is 0 Å². The second-order valence-electron chi connectivity index (χ2n) is 2.49. The number of hydrogen-bond donors (Lipinski definition) is 1. The van der Waals surface area contributed by atoms with E-state index in [2.05, 4.69) is 0 Å². The van der Waals surface area contributed by atoms with Crippen LogP contribution in [-0.2, 0) is 12.8 Å². The quantitative estimate of drug-likeness (QED) is 0.515. The maximum absolute atomic E-state index is 9.09. The van der Waals surface area contributed by atoms with E-state index in [1.807, 2.05) is 6.07 Å². The van der Waals surface area contributed by atoms with Crippen molar-refractivity contribution >= 4 is 0 Å². The maximum atomic E-state index is 9.09. The zero-order chi connectivity index (χ0) is 6.27. The van der Waals surface area contributed by atoms with E-state index < -0.39 is 0 Å². The lowest BCUT2D eigenvalue weighted by molar-refractivity contribution is 0.179. The molecule has 0 radical (unpaired) electrons. The van der Waals surface area contributed by atoms with Crippen LogP contribution in [0.1, 0.15) is 17.7 Å². The summed E-state index contributed by atoms with van der Waals surface area (Å²) in [5.74, 6) is 0. The van der Waals surface area contributed by atoms with Gasteiger partial charge >= 0.3 is 0 Å². The van der Waals surface area contributed by atoms with Crippen molar-refractivity contribution in [2.75, 3.05) is 0 Å². The van der Waals surface area contributed by atoms with Gasteiger partial charge in [-0.2, -0.15) is 4.73 Å². The largest absolute Gasteiger partial charge is 0.429 e. The van der Waals surface area contributed by atoms with E-state index in [9.17, 15) is 0 Å². The van der Waals surface area contributed by atoms with Crippen LogP contribution in [0.15, 0.2) is 12.3 Å². The number of rotatable bonds is 0. The van der Waals surface area contributed by atoms with Gasteiger partial charge in [-0.05, 0) is 30.9 Å². The summed E-state index contributed by atoms with van der Waals surface area (Å²) in [6.45, 7) is 0. The zero-order valence-electron chi connectivity index (χ0n) is 5.17. The van der Waals surface area contributed by atoms with E-state index in [4.69, 9.17) is 5.21 Å². The van der Waals surface area contributed by atoms with Crippen LogP contribution in [0, 0.1) is 0 Å². The molecule has 2 nitrogen and oxygen atoms in total. The van der Waals surface area contributed by atoms with Gasteiger partial charge in [0.15, 0.2) is 0 Å². The average molecular weight is 123 g/mol. The third-order valence-corrected chi connectivity index (χ3v) is 1.92. The smallest absolute Gasteiger partial charge is 0.0599 e. The lowest BCUT2D eigenvalue weighted by atomic mass is 10.3. The summed E-state index contributed by atoms with van der Waals surface area (Å²) in [6, 6.07) is 1.99. The summed E-state index contributed by atoms with van der Waals surface area (Å²) < 4.78 is 1.24. The molecule has 0 atom stereocenters. The molecule has 1 N–H and O–H groups in total. The minimum absolute atomic E-state index is 1.04. The van der Waals surface area contributed by atoms with E-state index in [0.717, 1.165) is 18.5 Å². The summed E-state index contributed by atoms with van der Waals surface area (Å²) in [7, 11) is 0. The molecule has 1 heterocycles. The highest BCUT2D eigenvalue weighted by Gasteiger charge is 2.13. The van der Waals surface area contributed by atoms with Gasteiger partial charge < -0.3 is 5.21 Å². The molecule has 0 aromatic carbocycles. The molecular formula is C7H9NO. The Balaban J connectivity index is 2.56. The van der Waals surface area contributed by atoms with E-state index in [1.165, 1.54) is 16.7 Å².